The van der Waals surface area contributed by atoms with Gasteiger partial charge in [-0.25, -0.2) is 0 Å². The van der Waals surface area contributed by atoms with Crippen molar-refractivity contribution in [2.75, 3.05) is 0 Å². The normalized spacial score (nSPS) is 12.1. The standard InChI is InChI=1S/C25H38O3/c1-8-9-10-11-12-16-19-24(23-17-14-13-15-18-23)25(26-20(2)3,27-21(4)5)28-22(6)7/h13-15,17-18,24H,2,4,6,8-12,16,19H2,1,3,5,7H3. The van der Waals surface area contributed by atoms with E-state index in [0.29, 0.717) is 17.3 Å². The van der Waals surface area contributed by atoms with Crippen LogP contribution in [0.3, 0.4) is 0 Å². The molecule has 0 heterocycles. The molecule has 1 aromatic carbocycles. The molecule has 0 fully saturated rings. The van der Waals surface area contributed by atoms with E-state index in [2.05, 4.69) is 38.8 Å². The summed E-state index contributed by atoms with van der Waals surface area (Å²) in [6, 6.07) is 10.2. The predicted octanol–water partition coefficient (Wildman–Crippen LogP) is 7.83. The summed E-state index contributed by atoms with van der Waals surface area (Å²) < 4.78 is 18.3. The first kappa shape index (κ1) is 23.9. The molecular weight excluding hydrogens is 348 g/mol. The molecule has 28 heavy (non-hydrogen) atoms. The molecule has 1 atom stereocenters. The number of hydrogen-bond donors (Lipinski definition) is 0. The topological polar surface area (TPSA) is 27.7 Å². The zero-order chi connectivity index (χ0) is 21.0. The minimum Gasteiger partial charge on any atom is -0.426 e. The molecule has 0 aliphatic heterocycles. The first-order valence-corrected chi connectivity index (χ1v) is 10.4. The summed E-state index contributed by atoms with van der Waals surface area (Å²) in [5.41, 5.74) is 1.10. The Labute approximate surface area is 172 Å². The Balaban J connectivity index is 3.18. The van der Waals surface area contributed by atoms with E-state index in [0.717, 1.165) is 18.4 Å². The maximum Gasteiger partial charge on any atom is 0.423 e. The van der Waals surface area contributed by atoms with Crippen LogP contribution in [0.15, 0.2) is 67.3 Å². The number of benzene rings is 1. The lowest BCUT2D eigenvalue weighted by molar-refractivity contribution is -0.348. The molecule has 0 aliphatic rings. The van der Waals surface area contributed by atoms with Crippen molar-refractivity contribution in [1.82, 2.24) is 0 Å². The van der Waals surface area contributed by atoms with Gasteiger partial charge in [-0.2, -0.15) is 0 Å². The van der Waals surface area contributed by atoms with E-state index in [9.17, 15) is 0 Å². The van der Waals surface area contributed by atoms with Gasteiger partial charge in [0.05, 0.1) is 17.3 Å². The fourth-order valence-electron chi connectivity index (χ4n) is 3.37. The second-order valence-corrected chi connectivity index (χ2v) is 7.54. The molecular formula is C25H38O3. The minimum absolute atomic E-state index is 0.148. The average Bonchev–Trinajstić information content (AvgIpc) is 2.59. The van der Waals surface area contributed by atoms with Crippen molar-refractivity contribution >= 4 is 0 Å². The van der Waals surface area contributed by atoms with Gasteiger partial charge in [-0.1, -0.05) is 95.5 Å². The van der Waals surface area contributed by atoms with Crippen molar-refractivity contribution in [3.63, 3.8) is 0 Å². The quantitative estimate of drug-likeness (QED) is 0.175. The summed E-state index contributed by atoms with van der Waals surface area (Å²) >= 11 is 0. The molecule has 0 N–H and O–H groups in total. The van der Waals surface area contributed by atoms with Crippen molar-refractivity contribution < 1.29 is 14.2 Å². The SMILES string of the molecule is C=C(C)OC(OC(=C)C)(OC(=C)C)C(CCCCCCCC)c1ccccc1. The van der Waals surface area contributed by atoms with Gasteiger partial charge < -0.3 is 14.2 Å². The Kier molecular flexibility index (Phi) is 10.5. The van der Waals surface area contributed by atoms with Crippen LogP contribution < -0.4 is 0 Å². The number of ether oxygens (including phenoxy) is 3. The highest BCUT2D eigenvalue weighted by Crippen LogP contribution is 2.41. The largest absolute Gasteiger partial charge is 0.426 e. The van der Waals surface area contributed by atoms with Crippen LogP contribution in [0.1, 0.15) is 84.1 Å². The lowest BCUT2D eigenvalue weighted by atomic mass is 9.90. The van der Waals surface area contributed by atoms with Crippen LogP contribution in [0, 0.1) is 0 Å². The molecule has 0 saturated carbocycles. The Morgan fingerprint density at radius 2 is 1.25 bits per heavy atom. The van der Waals surface area contributed by atoms with Crippen LogP contribution >= 0.6 is 0 Å². The maximum absolute atomic E-state index is 6.11. The fraction of sp³-hybridized carbons (Fsp3) is 0.520. The fourth-order valence-corrected chi connectivity index (χ4v) is 3.37. The summed E-state index contributed by atoms with van der Waals surface area (Å²) in [5.74, 6) is 0.0444. The van der Waals surface area contributed by atoms with Gasteiger partial charge in [0.2, 0.25) is 0 Å². The third kappa shape index (κ3) is 8.24. The van der Waals surface area contributed by atoms with Crippen LogP contribution in [-0.4, -0.2) is 5.97 Å². The van der Waals surface area contributed by atoms with Gasteiger partial charge in [0.15, 0.2) is 0 Å². The van der Waals surface area contributed by atoms with Gasteiger partial charge in [0.25, 0.3) is 0 Å². The van der Waals surface area contributed by atoms with Crippen molar-refractivity contribution in [2.45, 2.75) is 84.5 Å². The Hall–Kier alpha value is -2.16. The second kappa shape index (κ2) is 12.3. The molecule has 0 radical (unpaired) electrons. The smallest absolute Gasteiger partial charge is 0.423 e. The summed E-state index contributed by atoms with van der Waals surface area (Å²) in [6.45, 7) is 19.4. The highest BCUT2D eigenvalue weighted by molar-refractivity contribution is 5.22. The summed E-state index contributed by atoms with van der Waals surface area (Å²) in [4.78, 5) is 0. The first-order chi connectivity index (χ1) is 13.3. The van der Waals surface area contributed by atoms with E-state index >= 15 is 0 Å². The van der Waals surface area contributed by atoms with Crippen molar-refractivity contribution in [1.29, 1.82) is 0 Å². The summed E-state index contributed by atoms with van der Waals surface area (Å²) in [5, 5.41) is 0. The molecule has 3 heteroatoms. The van der Waals surface area contributed by atoms with Gasteiger partial charge >= 0.3 is 5.97 Å². The van der Waals surface area contributed by atoms with Crippen LogP contribution in [0.2, 0.25) is 0 Å². The monoisotopic (exact) mass is 386 g/mol. The molecule has 1 rings (SSSR count). The van der Waals surface area contributed by atoms with Crippen molar-refractivity contribution in [3.8, 4) is 0 Å². The molecule has 3 nitrogen and oxygen atoms in total. The number of rotatable bonds is 15. The molecule has 0 aromatic heterocycles. The minimum atomic E-state index is -1.37. The summed E-state index contributed by atoms with van der Waals surface area (Å²) in [7, 11) is 0. The number of hydrogen-bond acceptors (Lipinski definition) is 3. The predicted molar refractivity (Wildman–Crippen MR) is 118 cm³/mol. The van der Waals surface area contributed by atoms with Gasteiger partial charge in [-0.05, 0) is 32.8 Å². The van der Waals surface area contributed by atoms with Crippen molar-refractivity contribution in [3.05, 3.63) is 72.9 Å². The van der Waals surface area contributed by atoms with E-state index in [1.807, 2.05) is 18.2 Å². The Bertz CT molecular complexity index is 577. The third-order valence-corrected chi connectivity index (χ3v) is 4.42. The molecule has 0 spiro atoms. The molecule has 0 aliphatic carbocycles. The lowest BCUT2D eigenvalue weighted by Gasteiger charge is -2.40. The highest BCUT2D eigenvalue weighted by Gasteiger charge is 2.47. The van der Waals surface area contributed by atoms with Crippen LogP contribution in [0.4, 0.5) is 0 Å². The molecule has 0 amide bonds. The number of unbranched alkanes of at least 4 members (excludes halogenated alkanes) is 5. The van der Waals surface area contributed by atoms with E-state index in [4.69, 9.17) is 14.2 Å². The first-order valence-electron chi connectivity index (χ1n) is 10.4. The van der Waals surface area contributed by atoms with Gasteiger partial charge in [0, 0.05) is 0 Å². The van der Waals surface area contributed by atoms with Gasteiger partial charge in [-0.15, -0.1) is 0 Å². The van der Waals surface area contributed by atoms with Gasteiger partial charge in [-0.3, -0.25) is 0 Å². The van der Waals surface area contributed by atoms with E-state index in [1.54, 1.807) is 20.8 Å². The van der Waals surface area contributed by atoms with Crippen LogP contribution in [-0.2, 0) is 14.2 Å². The van der Waals surface area contributed by atoms with E-state index < -0.39 is 5.97 Å². The molecule has 1 aromatic rings. The average molecular weight is 387 g/mol. The van der Waals surface area contributed by atoms with Crippen molar-refractivity contribution in [2.24, 2.45) is 0 Å². The van der Waals surface area contributed by atoms with Crippen LogP contribution in [0.5, 0.6) is 0 Å². The maximum atomic E-state index is 6.11. The highest BCUT2D eigenvalue weighted by atomic mass is 16.9. The molecule has 1 unspecified atom stereocenters. The second-order valence-electron chi connectivity index (χ2n) is 7.54. The third-order valence-electron chi connectivity index (χ3n) is 4.42. The van der Waals surface area contributed by atoms with Gasteiger partial charge in [0.1, 0.15) is 5.92 Å². The molecule has 0 bridgehead atoms. The molecule has 156 valence electrons. The Morgan fingerprint density at radius 1 is 0.786 bits per heavy atom. The lowest BCUT2D eigenvalue weighted by Crippen LogP contribution is -2.44. The Morgan fingerprint density at radius 3 is 1.71 bits per heavy atom. The molecule has 0 saturated heterocycles. The summed E-state index contributed by atoms with van der Waals surface area (Å²) in [6.07, 6.45) is 8.17. The zero-order valence-corrected chi connectivity index (χ0v) is 18.3. The van der Waals surface area contributed by atoms with Crippen LogP contribution in [0.25, 0.3) is 0 Å². The van der Waals surface area contributed by atoms with E-state index in [-0.39, 0.29) is 5.92 Å². The zero-order valence-electron chi connectivity index (χ0n) is 18.3. The van der Waals surface area contributed by atoms with E-state index in [1.165, 1.54) is 32.1 Å². The number of allylic oxidation sites excluding steroid dienone is 3.